The molecule has 2 aromatic carbocycles. The van der Waals surface area contributed by atoms with Gasteiger partial charge in [0.1, 0.15) is 5.75 Å². The number of amidine groups is 1. The molecule has 0 saturated heterocycles. The zero-order valence-electron chi connectivity index (χ0n) is 19.5. The van der Waals surface area contributed by atoms with Gasteiger partial charge in [0.05, 0.1) is 13.2 Å². The number of carbonyl (C=O) groups is 1. The van der Waals surface area contributed by atoms with Gasteiger partial charge in [0.2, 0.25) is 0 Å². The van der Waals surface area contributed by atoms with E-state index in [9.17, 15) is 4.79 Å². The van der Waals surface area contributed by atoms with Crippen molar-refractivity contribution >= 4 is 23.3 Å². The lowest BCUT2D eigenvalue weighted by Crippen LogP contribution is -2.31. The molecule has 0 aromatic heterocycles. The van der Waals surface area contributed by atoms with Crippen molar-refractivity contribution in [1.29, 1.82) is 0 Å². The molecule has 2 N–H and O–H groups in total. The van der Waals surface area contributed by atoms with Crippen molar-refractivity contribution in [3.05, 3.63) is 76.3 Å². The van der Waals surface area contributed by atoms with E-state index in [0.29, 0.717) is 35.5 Å². The van der Waals surface area contributed by atoms with Crippen LogP contribution in [0.15, 0.2) is 59.7 Å². The van der Waals surface area contributed by atoms with Crippen LogP contribution in [-0.2, 0) is 13.1 Å². The van der Waals surface area contributed by atoms with Crippen LogP contribution >= 0.6 is 11.6 Å². The molecule has 0 fully saturated rings. The van der Waals surface area contributed by atoms with E-state index in [0.717, 1.165) is 23.4 Å². The Bertz CT molecular complexity index is 937. The van der Waals surface area contributed by atoms with Crippen molar-refractivity contribution in [2.75, 3.05) is 20.7 Å². The van der Waals surface area contributed by atoms with Gasteiger partial charge in [-0.25, -0.2) is 0 Å². The fourth-order valence-corrected chi connectivity index (χ4v) is 3.07. The third-order valence-corrected chi connectivity index (χ3v) is 4.58. The molecule has 2 aromatic rings. The lowest BCUT2D eigenvalue weighted by atomic mass is 10.1. The fourth-order valence-electron chi connectivity index (χ4n) is 2.87. The predicted molar refractivity (Wildman–Crippen MR) is 132 cm³/mol. The average Bonchev–Trinajstić information content (AvgIpc) is 2.73. The highest BCUT2D eigenvalue weighted by molar-refractivity contribution is 6.30. The smallest absolute Gasteiger partial charge is 0.256 e. The number of allylic oxidation sites excluding steroid dienone is 1. The average molecular weight is 457 g/mol. The molecule has 0 aliphatic carbocycles. The summed E-state index contributed by atoms with van der Waals surface area (Å²) >= 11 is 6.16. The van der Waals surface area contributed by atoms with Crippen LogP contribution in [0.1, 0.15) is 42.3 Å². The van der Waals surface area contributed by atoms with Gasteiger partial charge < -0.3 is 20.4 Å². The number of hydrogen-bond acceptors (Lipinski definition) is 5. The van der Waals surface area contributed by atoms with Crippen molar-refractivity contribution in [3.63, 3.8) is 0 Å². The first-order chi connectivity index (χ1) is 15.3. The molecule has 0 radical (unpaired) electrons. The van der Waals surface area contributed by atoms with Gasteiger partial charge in [-0.2, -0.15) is 5.10 Å². The highest BCUT2D eigenvalue weighted by Gasteiger charge is 2.09. The van der Waals surface area contributed by atoms with Gasteiger partial charge in [-0.15, -0.1) is 0 Å². The number of ether oxygens (including phenoxy) is 1. The number of benzene rings is 2. The Balaban J connectivity index is 2.04. The first-order valence-electron chi connectivity index (χ1n) is 10.7. The van der Waals surface area contributed by atoms with Crippen molar-refractivity contribution in [2.24, 2.45) is 11.0 Å². The zero-order chi connectivity index (χ0) is 23.5. The highest BCUT2D eigenvalue weighted by atomic mass is 35.5. The zero-order valence-corrected chi connectivity index (χ0v) is 20.2. The maximum absolute atomic E-state index is 12.6. The molecule has 7 heteroatoms. The summed E-state index contributed by atoms with van der Waals surface area (Å²) < 4.78 is 5.88. The van der Waals surface area contributed by atoms with Crippen molar-refractivity contribution < 1.29 is 9.53 Å². The summed E-state index contributed by atoms with van der Waals surface area (Å²) in [5.74, 6) is 1.38. The SMILES string of the molecule is C/C=C/C(=N\NCc1cc(Cl)ccc1OCC(C)C)NC(=O)c1ccc(CN(C)C)cc1. The summed E-state index contributed by atoms with van der Waals surface area (Å²) in [6, 6.07) is 13.1. The van der Waals surface area contributed by atoms with Gasteiger partial charge in [0, 0.05) is 22.7 Å². The second-order valence-corrected chi connectivity index (χ2v) is 8.61. The van der Waals surface area contributed by atoms with E-state index in [1.54, 1.807) is 12.1 Å². The Morgan fingerprint density at radius 2 is 1.91 bits per heavy atom. The Morgan fingerprint density at radius 1 is 1.19 bits per heavy atom. The minimum Gasteiger partial charge on any atom is -0.493 e. The Labute approximate surface area is 196 Å². The summed E-state index contributed by atoms with van der Waals surface area (Å²) in [5.41, 5.74) is 5.62. The third-order valence-electron chi connectivity index (χ3n) is 4.34. The third kappa shape index (κ3) is 8.73. The minimum absolute atomic E-state index is 0.219. The van der Waals surface area contributed by atoms with Gasteiger partial charge in [0.25, 0.3) is 5.91 Å². The van der Waals surface area contributed by atoms with E-state index in [1.807, 2.05) is 63.5 Å². The van der Waals surface area contributed by atoms with E-state index in [4.69, 9.17) is 16.3 Å². The summed E-state index contributed by atoms with van der Waals surface area (Å²) in [6.07, 6.45) is 3.55. The first-order valence-corrected chi connectivity index (χ1v) is 11.1. The molecule has 0 aliphatic rings. The molecule has 0 spiro atoms. The molecule has 0 heterocycles. The fraction of sp³-hybridized carbons (Fsp3) is 0.360. The second-order valence-electron chi connectivity index (χ2n) is 8.18. The lowest BCUT2D eigenvalue weighted by Gasteiger charge is -2.14. The van der Waals surface area contributed by atoms with Crippen LogP contribution < -0.4 is 15.5 Å². The standard InChI is InChI=1S/C25H33ClN4O2/c1-6-7-24(28-25(31)20-10-8-19(9-11-20)16-30(4)5)29-27-15-21-14-22(26)12-13-23(21)32-17-18(2)3/h6-14,18,27H,15-17H2,1-5H3,(H,28,29,31)/b7-6+. The molecule has 1 amide bonds. The number of hydrogen-bond donors (Lipinski definition) is 2. The lowest BCUT2D eigenvalue weighted by molar-refractivity contribution is 0.0977. The topological polar surface area (TPSA) is 66.0 Å². The number of hydrazone groups is 1. The van der Waals surface area contributed by atoms with Crippen LogP contribution in [0.5, 0.6) is 5.75 Å². The molecule has 0 saturated carbocycles. The molecule has 172 valence electrons. The first kappa shape index (κ1) is 25.4. The summed E-state index contributed by atoms with van der Waals surface area (Å²) in [7, 11) is 4.02. The molecule has 32 heavy (non-hydrogen) atoms. The second kappa shape index (κ2) is 12.9. The summed E-state index contributed by atoms with van der Waals surface area (Å²) in [5, 5.41) is 7.81. The van der Waals surface area contributed by atoms with Gasteiger partial charge in [-0.3, -0.25) is 4.79 Å². The number of rotatable bonds is 10. The van der Waals surface area contributed by atoms with Crippen LogP contribution in [0.3, 0.4) is 0 Å². The number of nitrogens with zero attached hydrogens (tertiary/aromatic N) is 2. The monoisotopic (exact) mass is 456 g/mol. The van der Waals surface area contributed by atoms with E-state index in [-0.39, 0.29) is 5.91 Å². The molecular formula is C25H33ClN4O2. The quantitative estimate of drug-likeness (QED) is 0.305. The largest absolute Gasteiger partial charge is 0.493 e. The van der Waals surface area contributed by atoms with Crippen molar-refractivity contribution in [2.45, 2.75) is 33.9 Å². The predicted octanol–water partition coefficient (Wildman–Crippen LogP) is 4.85. The molecule has 6 nitrogen and oxygen atoms in total. The summed E-state index contributed by atoms with van der Waals surface area (Å²) in [6.45, 7) is 7.91. The minimum atomic E-state index is -0.219. The Morgan fingerprint density at radius 3 is 2.53 bits per heavy atom. The Kier molecular flexibility index (Phi) is 10.2. The molecule has 0 bridgehead atoms. The van der Waals surface area contributed by atoms with Crippen LogP contribution in [0.4, 0.5) is 0 Å². The number of halogens is 1. The Hall–Kier alpha value is -2.83. The number of nitrogens with one attached hydrogen (secondary N) is 2. The summed E-state index contributed by atoms with van der Waals surface area (Å²) in [4.78, 5) is 14.7. The van der Waals surface area contributed by atoms with Gasteiger partial charge in [-0.1, -0.05) is 43.7 Å². The van der Waals surface area contributed by atoms with Crippen LogP contribution in [0.25, 0.3) is 0 Å². The van der Waals surface area contributed by atoms with Gasteiger partial charge >= 0.3 is 0 Å². The van der Waals surface area contributed by atoms with E-state index in [1.165, 1.54) is 0 Å². The molecular weight excluding hydrogens is 424 g/mol. The molecule has 0 aliphatic heterocycles. The van der Waals surface area contributed by atoms with E-state index in [2.05, 4.69) is 34.6 Å². The van der Waals surface area contributed by atoms with Crippen LogP contribution in [0.2, 0.25) is 5.02 Å². The van der Waals surface area contributed by atoms with E-state index >= 15 is 0 Å². The maximum Gasteiger partial charge on any atom is 0.256 e. The molecule has 2 rings (SSSR count). The van der Waals surface area contributed by atoms with Crippen molar-refractivity contribution in [3.8, 4) is 5.75 Å². The molecule has 0 unspecified atom stereocenters. The normalized spacial score (nSPS) is 11.9. The highest BCUT2D eigenvalue weighted by Crippen LogP contribution is 2.23. The maximum atomic E-state index is 12.6. The van der Waals surface area contributed by atoms with Gasteiger partial charge in [0.15, 0.2) is 5.84 Å². The van der Waals surface area contributed by atoms with Gasteiger partial charge in [-0.05, 0) is 68.9 Å². The van der Waals surface area contributed by atoms with Crippen LogP contribution in [0, 0.1) is 5.92 Å². The van der Waals surface area contributed by atoms with Crippen molar-refractivity contribution in [1.82, 2.24) is 15.6 Å². The number of carbonyl (C=O) groups excluding carboxylic acids is 1. The van der Waals surface area contributed by atoms with Crippen LogP contribution in [-0.4, -0.2) is 37.3 Å². The number of amides is 1. The molecule has 0 atom stereocenters. The van der Waals surface area contributed by atoms with E-state index < -0.39 is 0 Å².